The molecule has 1 N–H and O–H groups in total. The number of carbonyl (C=O) groups is 1. The van der Waals surface area contributed by atoms with E-state index in [0.29, 0.717) is 32.6 Å². The molecule has 28 heavy (non-hydrogen) atoms. The highest BCUT2D eigenvalue weighted by molar-refractivity contribution is 7.91. The molecule has 0 unspecified atom stereocenters. The van der Waals surface area contributed by atoms with Crippen molar-refractivity contribution in [2.75, 3.05) is 25.5 Å². The van der Waals surface area contributed by atoms with Gasteiger partial charge < -0.3 is 10.1 Å². The summed E-state index contributed by atoms with van der Waals surface area (Å²) < 4.78 is 43.4. The fourth-order valence-electron chi connectivity index (χ4n) is 3.46. The summed E-state index contributed by atoms with van der Waals surface area (Å²) in [5.41, 5.74) is 0.620. The van der Waals surface area contributed by atoms with Gasteiger partial charge in [0.1, 0.15) is 5.82 Å². The molecular weight excluding hydrogens is 381 g/mol. The second kappa shape index (κ2) is 8.84. The van der Waals surface area contributed by atoms with Gasteiger partial charge in [0, 0.05) is 31.6 Å². The monoisotopic (exact) mass is 405 g/mol. The number of halogens is 1. The lowest BCUT2D eigenvalue weighted by atomic mass is 9.74. The quantitative estimate of drug-likeness (QED) is 0.769. The molecule has 2 aromatic carbocycles. The van der Waals surface area contributed by atoms with Crippen LogP contribution in [-0.4, -0.2) is 39.8 Å². The summed E-state index contributed by atoms with van der Waals surface area (Å²) in [5, 5.41) is 2.88. The third-order valence-corrected chi connectivity index (χ3v) is 6.96. The number of ether oxygens (including phenoxy) is 1. The van der Waals surface area contributed by atoms with Crippen LogP contribution >= 0.6 is 0 Å². The smallest absolute Gasteiger partial charge is 0.221 e. The summed E-state index contributed by atoms with van der Waals surface area (Å²) >= 11 is 0. The topological polar surface area (TPSA) is 72.5 Å². The van der Waals surface area contributed by atoms with Crippen LogP contribution in [0.15, 0.2) is 59.5 Å². The van der Waals surface area contributed by atoms with E-state index in [4.69, 9.17) is 4.74 Å². The van der Waals surface area contributed by atoms with Gasteiger partial charge in [0.2, 0.25) is 5.91 Å². The van der Waals surface area contributed by atoms with Gasteiger partial charge in [0.05, 0.1) is 10.6 Å². The molecule has 5 nitrogen and oxygen atoms in total. The van der Waals surface area contributed by atoms with Crippen LogP contribution in [0.25, 0.3) is 0 Å². The highest BCUT2D eigenvalue weighted by Crippen LogP contribution is 2.34. The van der Waals surface area contributed by atoms with Gasteiger partial charge in [-0.1, -0.05) is 30.3 Å². The van der Waals surface area contributed by atoms with Gasteiger partial charge in [-0.05, 0) is 42.7 Å². The zero-order valence-electron chi connectivity index (χ0n) is 15.6. The van der Waals surface area contributed by atoms with Crippen molar-refractivity contribution in [3.8, 4) is 0 Å². The molecule has 0 bridgehead atoms. The molecule has 0 saturated carbocycles. The first-order valence-electron chi connectivity index (χ1n) is 9.30. The van der Waals surface area contributed by atoms with E-state index in [1.54, 1.807) is 30.3 Å². The average Bonchev–Trinajstić information content (AvgIpc) is 2.72. The molecule has 0 atom stereocenters. The minimum Gasteiger partial charge on any atom is -0.381 e. The Morgan fingerprint density at radius 2 is 1.68 bits per heavy atom. The fraction of sp³-hybridized carbons (Fsp3) is 0.381. The molecule has 1 aliphatic rings. The SMILES string of the molecule is O=C(CCS(=O)(=O)c1ccccc1)NCC1(c2ccc(F)cc2)CCOCC1. The van der Waals surface area contributed by atoms with E-state index in [1.165, 1.54) is 24.3 Å². The lowest BCUT2D eigenvalue weighted by Crippen LogP contribution is -2.44. The Labute approximate surface area is 164 Å². The van der Waals surface area contributed by atoms with Crippen LogP contribution in [0, 0.1) is 5.82 Å². The zero-order chi connectivity index (χ0) is 20.0. The molecule has 1 heterocycles. The largest absolute Gasteiger partial charge is 0.381 e. The van der Waals surface area contributed by atoms with Gasteiger partial charge in [0.25, 0.3) is 0 Å². The first kappa shape index (κ1) is 20.5. The number of nitrogens with one attached hydrogen (secondary N) is 1. The number of hydrogen-bond donors (Lipinski definition) is 1. The molecule has 3 rings (SSSR count). The van der Waals surface area contributed by atoms with Crippen LogP contribution in [0.5, 0.6) is 0 Å². The maximum absolute atomic E-state index is 13.3. The van der Waals surface area contributed by atoms with E-state index in [2.05, 4.69) is 5.32 Å². The predicted octanol–water partition coefficient (Wildman–Crippen LogP) is 2.85. The Kier molecular flexibility index (Phi) is 6.46. The number of sulfone groups is 1. The number of benzene rings is 2. The highest BCUT2D eigenvalue weighted by Gasteiger charge is 2.35. The first-order chi connectivity index (χ1) is 13.4. The fourth-order valence-corrected chi connectivity index (χ4v) is 4.72. The summed E-state index contributed by atoms with van der Waals surface area (Å²) in [6, 6.07) is 14.4. The third kappa shape index (κ3) is 4.97. The van der Waals surface area contributed by atoms with E-state index in [-0.39, 0.29) is 34.2 Å². The molecule has 150 valence electrons. The minimum absolute atomic E-state index is 0.104. The zero-order valence-corrected chi connectivity index (χ0v) is 16.4. The van der Waals surface area contributed by atoms with Crippen LogP contribution in [0.1, 0.15) is 24.8 Å². The highest BCUT2D eigenvalue weighted by atomic mass is 32.2. The van der Waals surface area contributed by atoms with Gasteiger partial charge in [-0.2, -0.15) is 0 Å². The predicted molar refractivity (Wildman–Crippen MR) is 104 cm³/mol. The molecule has 0 spiro atoms. The summed E-state index contributed by atoms with van der Waals surface area (Å²) in [7, 11) is -3.49. The van der Waals surface area contributed by atoms with Crippen LogP contribution in [0.4, 0.5) is 4.39 Å². The van der Waals surface area contributed by atoms with Gasteiger partial charge in [0.15, 0.2) is 9.84 Å². The third-order valence-electron chi connectivity index (χ3n) is 5.23. The Hall–Kier alpha value is -2.25. The van der Waals surface area contributed by atoms with E-state index >= 15 is 0 Å². The van der Waals surface area contributed by atoms with Gasteiger partial charge in [-0.3, -0.25) is 4.79 Å². The number of carbonyl (C=O) groups excluding carboxylic acids is 1. The Morgan fingerprint density at radius 1 is 1.04 bits per heavy atom. The summed E-state index contributed by atoms with van der Waals surface area (Å²) in [5.74, 6) is -0.858. The van der Waals surface area contributed by atoms with Crippen molar-refractivity contribution in [2.24, 2.45) is 0 Å². The summed E-state index contributed by atoms with van der Waals surface area (Å²) in [4.78, 5) is 12.5. The number of amides is 1. The van der Waals surface area contributed by atoms with Gasteiger partial charge in [-0.15, -0.1) is 0 Å². The molecule has 2 aromatic rings. The van der Waals surface area contributed by atoms with Crippen LogP contribution in [0.2, 0.25) is 0 Å². The van der Waals surface area contributed by atoms with Crippen molar-refractivity contribution in [3.05, 3.63) is 66.0 Å². The first-order valence-corrected chi connectivity index (χ1v) is 10.9. The van der Waals surface area contributed by atoms with Crippen molar-refractivity contribution in [3.63, 3.8) is 0 Å². The van der Waals surface area contributed by atoms with Crippen LogP contribution < -0.4 is 5.32 Å². The van der Waals surface area contributed by atoms with Gasteiger partial charge >= 0.3 is 0 Å². The van der Waals surface area contributed by atoms with Crippen LogP contribution in [-0.2, 0) is 24.8 Å². The molecule has 1 fully saturated rings. The molecule has 0 aromatic heterocycles. The van der Waals surface area contributed by atoms with Crippen LogP contribution in [0.3, 0.4) is 0 Å². The summed E-state index contributed by atoms with van der Waals surface area (Å²) in [6.07, 6.45) is 1.32. The minimum atomic E-state index is -3.49. The lowest BCUT2D eigenvalue weighted by Gasteiger charge is -2.38. The van der Waals surface area contributed by atoms with Crippen molar-refractivity contribution in [1.82, 2.24) is 5.32 Å². The second-order valence-electron chi connectivity index (χ2n) is 7.06. The van der Waals surface area contributed by atoms with Crippen molar-refractivity contribution >= 4 is 15.7 Å². The lowest BCUT2D eigenvalue weighted by molar-refractivity contribution is -0.121. The molecule has 1 saturated heterocycles. The van der Waals surface area contributed by atoms with E-state index in [9.17, 15) is 17.6 Å². The second-order valence-corrected chi connectivity index (χ2v) is 9.17. The van der Waals surface area contributed by atoms with E-state index in [0.717, 1.165) is 5.56 Å². The Morgan fingerprint density at radius 3 is 2.32 bits per heavy atom. The van der Waals surface area contributed by atoms with Crippen molar-refractivity contribution < 1.29 is 22.3 Å². The molecule has 1 aliphatic heterocycles. The Bertz CT molecular complexity index is 892. The van der Waals surface area contributed by atoms with E-state index in [1.807, 2.05) is 0 Å². The van der Waals surface area contributed by atoms with E-state index < -0.39 is 9.84 Å². The maximum atomic E-state index is 13.3. The van der Waals surface area contributed by atoms with Gasteiger partial charge in [-0.25, -0.2) is 12.8 Å². The number of hydrogen-bond acceptors (Lipinski definition) is 4. The molecular formula is C21H24FNO4S. The standard InChI is InChI=1S/C21H24FNO4S/c22-18-8-6-17(7-9-18)21(11-13-27-14-12-21)16-23-20(24)10-15-28(25,26)19-4-2-1-3-5-19/h1-9H,10-16H2,(H,23,24). The normalized spacial score (nSPS) is 16.5. The summed E-state index contributed by atoms with van der Waals surface area (Å²) in [6.45, 7) is 1.50. The maximum Gasteiger partial charge on any atom is 0.221 e. The molecule has 0 radical (unpaired) electrons. The Balaban J connectivity index is 1.62. The van der Waals surface area contributed by atoms with Crippen molar-refractivity contribution in [1.29, 1.82) is 0 Å². The number of rotatable bonds is 7. The molecule has 0 aliphatic carbocycles. The average molecular weight is 405 g/mol. The van der Waals surface area contributed by atoms with Crippen molar-refractivity contribution in [2.45, 2.75) is 29.6 Å². The molecule has 7 heteroatoms. The molecule has 1 amide bonds.